The highest BCUT2D eigenvalue weighted by molar-refractivity contribution is 5.91. The van der Waals surface area contributed by atoms with E-state index in [9.17, 15) is 4.79 Å². The van der Waals surface area contributed by atoms with Gasteiger partial charge in [0.25, 0.3) is 5.91 Å². The first-order valence-electron chi connectivity index (χ1n) is 7.43. The van der Waals surface area contributed by atoms with Crippen molar-refractivity contribution in [2.75, 3.05) is 6.54 Å². The first-order chi connectivity index (χ1) is 9.20. The van der Waals surface area contributed by atoms with Gasteiger partial charge in [-0.15, -0.1) is 5.10 Å². The predicted octanol–water partition coefficient (Wildman–Crippen LogP) is 2.29. The molecule has 5 heteroatoms. The summed E-state index contributed by atoms with van der Waals surface area (Å²) in [5.41, 5.74) is 0.0963. The van der Waals surface area contributed by atoms with Crippen molar-refractivity contribution in [2.24, 2.45) is 11.3 Å². The maximum absolute atomic E-state index is 12.6. The standard InChI is InChI=1S/C15H24N4O/c1-14(2,3)19-9-16-12(17-19)13(20)18-8-15(4,5)11(18)10-6-7-10/h9-11H,6-8H2,1-5H3. The molecule has 3 rings (SSSR count). The topological polar surface area (TPSA) is 51.0 Å². The van der Waals surface area contributed by atoms with Crippen molar-refractivity contribution in [3.8, 4) is 0 Å². The lowest BCUT2D eigenvalue weighted by Crippen LogP contribution is -2.65. The minimum Gasteiger partial charge on any atom is -0.331 e. The van der Waals surface area contributed by atoms with Crippen molar-refractivity contribution >= 4 is 5.91 Å². The molecule has 20 heavy (non-hydrogen) atoms. The van der Waals surface area contributed by atoms with Crippen LogP contribution >= 0.6 is 0 Å². The van der Waals surface area contributed by atoms with Gasteiger partial charge in [0, 0.05) is 18.0 Å². The third kappa shape index (κ3) is 2.13. The number of rotatable bonds is 2. The average molecular weight is 276 g/mol. The summed E-state index contributed by atoms with van der Waals surface area (Å²) in [5.74, 6) is 1.01. The fourth-order valence-electron chi connectivity index (χ4n) is 3.26. The van der Waals surface area contributed by atoms with Gasteiger partial charge in [0.2, 0.25) is 5.82 Å². The minimum absolute atomic E-state index is 0.00998. The Labute approximate surface area is 120 Å². The molecule has 0 N–H and O–H groups in total. The lowest BCUT2D eigenvalue weighted by atomic mass is 9.72. The number of aromatic nitrogens is 3. The van der Waals surface area contributed by atoms with E-state index in [2.05, 4.69) is 44.7 Å². The fraction of sp³-hybridized carbons (Fsp3) is 0.800. The van der Waals surface area contributed by atoms with Crippen LogP contribution in [0.5, 0.6) is 0 Å². The highest BCUT2D eigenvalue weighted by Gasteiger charge is 2.55. The van der Waals surface area contributed by atoms with Gasteiger partial charge in [-0.1, -0.05) is 13.8 Å². The van der Waals surface area contributed by atoms with E-state index >= 15 is 0 Å². The summed E-state index contributed by atoms with van der Waals surface area (Å²) in [4.78, 5) is 18.8. The number of hydrogen-bond donors (Lipinski definition) is 0. The first kappa shape index (κ1) is 13.6. The summed E-state index contributed by atoms with van der Waals surface area (Å²) < 4.78 is 1.76. The Balaban J connectivity index is 1.78. The third-order valence-electron chi connectivity index (χ3n) is 4.41. The van der Waals surface area contributed by atoms with Crippen molar-refractivity contribution in [2.45, 2.75) is 59.0 Å². The van der Waals surface area contributed by atoms with Crippen LogP contribution in [0.4, 0.5) is 0 Å². The Hall–Kier alpha value is -1.39. The van der Waals surface area contributed by atoms with Crippen molar-refractivity contribution in [3.63, 3.8) is 0 Å². The lowest BCUT2D eigenvalue weighted by Gasteiger charge is -2.54. The van der Waals surface area contributed by atoms with E-state index < -0.39 is 0 Å². The number of nitrogens with zero attached hydrogens (tertiary/aromatic N) is 4. The van der Waals surface area contributed by atoms with Gasteiger partial charge in [-0.05, 0) is 39.5 Å². The van der Waals surface area contributed by atoms with Crippen LogP contribution in [0, 0.1) is 11.3 Å². The van der Waals surface area contributed by atoms with Crippen molar-refractivity contribution in [1.29, 1.82) is 0 Å². The van der Waals surface area contributed by atoms with Gasteiger partial charge in [0.05, 0.1) is 5.54 Å². The molecule has 0 aromatic carbocycles. The molecule has 1 saturated carbocycles. The van der Waals surface area contributed by atoms with Crippen molar-refractivity contribution in [1.82, 2.24) is 19.7 Å². The molecule has 5 nitrogen and oxygen atoms in total. The number of hydrogen-bond acceptors (Lipinski definition) is 3. The highest BCUT2D eigenvalue weighted by Crippen LogP contribution is 2.50. The van der Waals surface area contributed by atoms with Crippen LogP contribution in [-0.2, 0) is 5.54 Å². The zero-order chi connectivity index (χ0) is 14.7. The van der Waals surface area contributed by atoms with E-state index in [0.29, 0.717) is 17.8 Å². The number of likely N-dealkylation sites (tertiary alicyclic amines) is 1. The first-order valence-corrected chi connectivity index (χ1v) is 7.43. The Bertz CT molecular complexity index is 536. The molecule has 1 unspecified atom stereocenters. The maximum atomic E-state index is 12.6. The van der Waals surface area contributed by atoms with Crippen LogP contribution in [0.2, 0.25) is 0 Å². The maximum Gasteiger partial charge on any atom is 0.293 e. The van der Waals surface area contributed by atoms with Crippen molar-refractivity contribution < 1.29 is 4.79 Å². The van der Waals surface area contributed by atoms with Gasteiger partial charge in [0.1, 0.15) is 6.33 Å². The van der Waals surface area contributed by atoms with Crippen LogP contribution in [-0.4, -0.2) is 38.2 Å². The van der Waals surface area contributed by atoms with Gasteiger partial charge in [-0.3, -0.25) is 4.79 Å². The lowest BCUT2D eigenvalue weighted by molar-refractivity contribution is -0.0416. The molecule has 1 saturated heterocycles. The van der Waals surface area contributed by atoms with Gasteiger partial charge < -0.3 is 4.90 Å². The minimum atomic E-state index is -0.143. The molecule has 110 valence electrons. The molecule has 0 bridgehead atoms. The Morgan fingerprint density at radius 3 is 2.45 bits per heavy atom. The summed E-state index contributed by atoms with van der Waals surface area (Å²) in [5, 5.41) is 4.36. The van der Waals surface area contributed by atoms with E-state index in [1.54, 1.807) is 11.0 Å². The van der Waals surface area contributed by atoms with E-state index in [0.717, 1.165) is 6.54 Å². The molecule has 2 aliphatic rings. The smallest absolute Gasteiger partial charge is 0.293 e. The van der Waals surface area contributed by atoms with E-state index in [-0.39, 0.29) is 16.9 Å². The molecule has 1 aliphatic carbocycles. The molecule has 1 aliphatic heterocycles. The summed E-state index contributed by atoms with van der Waals surface area (Å²) in [6, 6.07) is 0.372. The molecule has 1 aromatic rings. The van der Waals surface area contributed by atoms with E-state index in [1.807, 2.05) is 4.90 Å². The van der Waals surface area contributed by atoms with Crippen LogP contribution in [0.3, 0.4) is 0 Å². The van der Waals surface area contributed by atoms with Gasteiger partial charge in [-0.25, -0.2) is 9.67 Å². The Kier molecular flexibility index (Phi) is 2.76. The second kappa shape index (κ2) is 4.06. The highest BCUT2D eigenvalue weighted by atomic mass is 16.2. The number of amides is 1. The largest absolute Gasteiger partial charge is 0.331 e. The quantitative estimate of drug-likeness (QED) is 0.832. The number of carbonyl (C=O) groups excluding carboxylic acids is 1. The second-order valence-electron chi connectivity index (χ2n) is 7.89. The summed E-state index contributed by atoms with van der Waals surface area (Å²) in [6.45, 7) is 11.5. The van der Waals surface area contributed by atoms with Gasteiger partial charge in [-0.2, -0.15) is 0 Å². The van der Waals surface area contributed by atoms with Crippen LogP contribution in [0.1, 0.15) is 58.1 Å². The monoisotopic (exact) mass is 276 g/mol. The summed E-state index contributed by atoms with van der Waals surface area (Å²) in [7, 11) is 0. The van der Waals surface area contributed by atoms with Crippen LogP contribution in [0.15, 0.2) is 6.33 Å². The predicted molar refractivity (Wildman–Crippen MR) is 76.3 cm³/mol. The van der Waals surface area contributed by atoms with Crippen LogP contribution in [0.25, 0.3) is 0 Å². The van der Waals surface area contributed by atoms with Crippen molar-refractivity contribution in [3.05, 3.63) is 12.2 Å². The third-order valence-corrected chi connectivity index (χ3v) is 4.41. The van der Waals surface area contributed by atoms with Gasteiger partial charge >= 0.3 is 0 Å². The fourth-order valence-corrected chi connectivity index (χ4v) is 3.26. The molecule has 0 spiro atoms. The average Bonchev–Trinajstić information content (AvgIpc) is 2.97. The van der Waals surface area contributed by atoms with Crippen LogP contribution < -0.4 is 0 Å². The summed E-state index contributed by atoms with van der Waals surface area (Å²) >= 11 is 0. The van der Waals surface area contributed by atoms with E-state index in [1.165, 1.54) is 12.8 Å². The molecular formula is C15H24N4O. The zero-order valence-electron chi connectivity index (χ0n) is 13.1. The Morgan fingerprint density at radius 1 is 1.35 bits per heavy atom. The zero-order valence-corrected chi connectivity index (χ0v) is 13.1. The number of carbonyl (C=O) groups is 1. The van der Waals surface area contributed by atoms with E-state index in [4.69, 9.17) is 0 Å². The molecule has 1 atom stereocenters. The molecule has 2 fully saturated rings. The molecule has 1 aromatic heterocycles. The summed E-state index contributed by atoms with van der Waals surface area (Å²) in [6.07, 6.45) is 4.16. The molecular weight excluding hydrogens is 252 g/mol. The van der Waals surface area contributed by atoms with Gasteiger partial charge in [0.15, 0.2) is 0 Å². The Morgan fingerprint density at radius 2 is 2.00 bits per heavy atom. The molecule has 1 amide bonds. The normalized spacial score (nSPS) is 25.4. The second-order valence-corrected chi connectivity index (χ2v) is 7.89. The molecule has 0 radical (unpaired) electrons. The SMILES string of the molecule is CC1(C)CN(C(=O)c2ncn(C(C)(C)C)n2)C1C1CC1. The molecule has 2 heterocycles.